The van der Waals surface area contributed by atoms with Crippen LogP contribution in [0.5, 0.6) is 0 Å². The van der Waals surface area contributed by atoms with Crippen LogP contribution in [-0.2, 0) is 5.66 Å². The molecule has 3 rings (SSSR count). The number of nitrogens with zero attached hydrogens (tertiary/aromatic N) is 3. The maximum atomic E-state index is 6.79. The number of hydrogen-bond acceptors (Lipinski definition) is 4. The predicted octanol–water partition coefficient (Wildman–Crippen LogP) is 3.66. The van der Waals surface area contributed by atoms with Crippen LogP contribution in [0.25, 0.3) is 0 Å². The van der Waals surface area contributed by atoms with Gasteiger partial charge in [0.1, 0.15) is 11.7 Å². The maximum absolute atomic E-state index is 6.79. The topological polar surface area (TPSA) is 44.9 Å². The molecule has 2 N–H and O–H groups in total. The fraction of sp³-hybridized carbons (Fsp3) is 0.476. The zero-order valence-corrected chi connectivity index (χ0v) is 15.9. The molecular formula is C21H30N4. The third-order valence-corrected chi connectivity index (χ3v) is 4.92. The van der Waals surface area contributed by atoms with E-state index in [1.165, 1.54) is 16.9 Å². The molecule has 0 saturated heterocycles. The Hall–Kier alpha value is -2.07. The van der Waals surface area contributed by atoms with Gasteiger partial charge in [-0.15, -0.1) is 0 Å². The van der Waals surface area contributed by atoms with Crippen molar-refractivity contribution < 1.29 is 0 Å². The van der Waals surface area contributed by atoms with E-state index >= 15 is 0 Å². The largest absolute Gasteiger partial charge is 0.358 e. The monoisotopic (exact) mass is 338 g/mol. The lowest BCUT2D eigenvalue weighted by molar-refractivity contribution is 0.253. The molecule has 0 saturated carbocycles. The molecule has 1 unspecified atom stereocenters. The smallest absolute Gasteiger partial charge is 0.154 e. The van der Waals surface area contributed by atoms with Crippen LogP contribution < -0.4 is 5.73 Å². The summed E-state index contributed by atoms with van der Waals surface area (Å²) in [7, 11) is 0. The molecular weight excluding hydrogens is 308 g/mol. The standard InChI is InChI=1S/C21H30N4/c1-5-12-24(13-6-2)20-9-7-8-19-23-21(22,15-25(19)20)18-11-10-16(3)14-17(18)4/h7-11,14H,5-6,12-13,15,22H2,1-4H3. The van der Waals surface area contributed by atoms with Crippen LogP contribution in [-0.4, -0.2) is 35.3 Å². The van der Waals surface area contributed by atoms with Crippen molar-refractivity contribution in [2.45, 2.75) is 46.2 Å². The number of allylic oxidation sites excluding steroid dienone is 2. The van der Waals surface area contributed by atoms with Gasteiger partial charge in [-0.2, -0.15) is 0 Å². The van der Waals surface area contributed by atoms with Gasteiger partial charge in [0.05, 0.1) is 6.54 Å². The molecule has 0 radical (unpaired) electrons. The molecule has 0 bridgehead atoms. The highest BCUT2D eigenvalue weighted by molar-refractivity contribution is 5.97. The van der Waals surface area contributed by atoms with Crippen LogP contribution in [0, 0.1) is 13.8 Å². The number of fused-ring (bicyclic) bond motifs is 1. The van der Waals surface area contributed by atoms with E-state index in [0.29, 0.717) is 6.54 Å². The average Bonchev–Trinajstić information content (AvgIpc) is 2.91. The predicted molar refractivity (Wildman–Crippen MR) is 105 cm³/mol. The molecule has 0 spiro atoms. The first-order valence-electron chi connectivity index (χ1n) is 9.36. The van der Waals surface area contributed by atoms with Crippen LogP contribution >= 0.6 is 0 Å². The molecule has 0 amide bonds. The molecule has 4 heteroatoms. The van der Waals surface area contributed by atoms with E-state index in [1.807, 2.05) is 0 Å². The summed E-state index contributed by atoms with van der Waals surface area (Å²) in [5.41, 5.74) is 9.68. The molecule has 2 aliphatic rings. The molecule has 1 atom stereocenters. The maximum Gasteiger partial charge on any atom is 0.154 e. The van der Waals surface area contributed by atoms with Crippen molar-refractivity contribution in [3.8, 4) is 0 Å². The Morgan fingerprint density at radius 2 is 1.92 bits per heavy atom. The first-order valence-corrected chi connectivity index (χ1v) is 9.36. The van der Waals surface area contributed by atoms with Gasteiger partial charge in [0.2, 0.25) is 0 Å². The third kappa shape index (κ3) is 3.36. The van der Waals surface area contributed by atoms with Gasteiger partial charge >= 0.3 is 0 Å². The van der Waals surface area contributed by atoms with Crippen LogP contribution in [0.3, 0.4) is 0 Å². The van der Waals surface area contributed by atoms with Crippen molar-refractivity contribution in [2.75, 3.05) is 19.6 Å². The van der Waals surface area contributed by atoms with Crippen LogP contribution in [0.4, 0.5) is 0 Å². The molecule has 0 aromatic heterocycles. The van der Waals surface area contributed by atoms with Crippen molar-refractivity contribution in [1.29, 1.82) is 0 Å². The summed E-state index contributed by atoms with van der Waals surface area (Å²) in [4.78, 5) is 9.66. The van der Waals surface area contributed by atoms with Gasteiger partial charge in [-0.05, 0) is 50.0 Å². The molecule has 2 aliphatic heterocycles. The SMILES string of the molecule is CCCN(CCC)C1=CC=CC2=NC(N)(c3ccc(C)cc3C)CN12. The molecule has 4 nitrogen and oxygen atoms in total. The fourth-order valence-electron chi connectivity index (χ4n) is 3.86. The van der Waals surface area contributed by atoms with Crippen LogP contribution in [0.15, 0.2) is 47.2 Å². The highest BCUT2D eigenvalue weighted by Crippen LogP contribution is 2.34. The average molecular weight is 338 g/mol. The zero-order valence-electron chi connectivity index (χ0n) is 15.9. The minimum absolute atomic E-state index is 0.687. The number of hydrogen-bond donors (Lipinski definition) is 1. The van der Waals surface area contributed by atoms with Crippen molar-refractivity contribution in [1.82, 2.24) is 9.80 Å². The first kappa shape index (κ1) is 17.7. The van der Waals surface area contributed by atoms with E-state index < -0.39 is 5.66 Å². The Balaban J connectivity index is 1.92. The lowest BCUT2D eigenvalue weighted by Gasteiger charge is -2.36. The summed E-state index contributed by atoms with van der Waals surface area (Å²) in [6, 6.07) is 6.45. The Labute approximate surface area is 151 Å². The second-order valence-electron chi connectivity index (χ2n) is 7.17. The molecule has 2 heterocycles. The summed E-state index contributed by atoms with van der Waals surface area (Å²) in [6.45, 7) is 11.5. The van der Waals surface area contributed by atoms with E-state index in [2.05, 4.69) is 73.9 Å². The molecule has 134 valence electrons. The highest BCUT2D eigenvalue weighted by Gasteiger charge is 2.40. The number of amidine groups is 1. The summed E-state index contributed by atoms with van der Waals surface area (Å²) >= 11 is 0. The number of nitrogens with two attached hydrogens (primary N) is 1. The lowest BCUT2D eigenvalue weighted by Crippen LogP contribution is -2.44. The number of aliphatic imine (C=N–C) groups is 1. The molecule has 25 heavy (non-hydrogen) atoms. The zero-order chi connectivity index (χ0) is 18.0. The van der Waals surface area contributed by atoms with E-state index in [1.54, 1.807) is 0 Å². The summed E-state index contributed by atoms with van der Waals surface area (Å²) in [6.07, 6.45) is 8.62. The normalized spacial score (nSPS) is 21.9. The van der Waals surface area contributed by atoms with E-state index in [-0.39, 0.29) is 0 Å². The Kier molecular flexibility index (Phi) is 5.00. The van der Waals surface area contributed by atoms with E-state index in [4.69, 9.17) is 10.7 Å². The minimum Gasteiger partial charge on any atom is -0.358 e. The lowest BCUT2D eigenvalue weighted by atomic mass is 9.95. The van der Waals surface area contributed by atoms with Crippen molar-refractivity contribution in [3.05, 3.63) is 58.9 Å². The molecule has 0 fully saturated rings. The third-order valence-electron chi connectivity index (χ3n) is 4.92. The number of aryl methyl sites for hydroxylation is 2. The fourth-order valence-corrected chi connectivity index (χ4v) is 3.86. The van der Waals surface area contributed by atoms with Gasteiger partial charge in [-0.25, -0.2) is 4.99 Å². The van der Waals surface area contributed by atoms with Gasteiger partial charge in [0, 0.05) is 13.1 Å². The van der Waals surface area contributed by atoms with Crippen molar-refractivity contribution in [3.63, 3.8) is 0 Å². The van der Waals surface area contributed by atoms with Crippen LogP contribution in [0.2, 0.25) is 0 Å². The Morgan fingerprint density at radius 3 is 2.56 bits per heavy atom. The van der Waals surface area contributed by atoms with E-state index in [9.17, 15) is 0 Å². The summed E-state index contributed by atoms with van der Waals surface area (Å²) in [5.74, 6) is 2.19. The molecule has 1 aromatic rings. The number of benzene rings is 1. The first-order chi connectivity index (χ1) is 12.0. The molecule has 1 aromatic carbocycles. The Bertz CT molecular complexity index is 725. The second kappa shape index (κ2) is 7.04. The van der Waals surface area contributed by atoms with E-state index in [0.717, 1.165) is 37.3 Å². The van der Waals surface area contributed by atoms with Gasteiger partial charge in [0.15, 0.2) is 5.66 Å². The van der Waals surface area contributed by atoms with Crippen molar-refractivity contribution in [2.24, 2.45) is 10.7 Å². The van der Waals surface area contributed by atoms with Gasteiger partial charge < -0.3 is 15.5 Å². The summed E-state index contributed by atoms with van der Waals surface area (Å²) < 4.78 is 0. The van der Waals surface area contributed by atoms with Gasteiger partial charge in [-0.3, -0.25) is 0 Å². The quantitative estimate of drug-likeness (QED) is 0.861. The highest BCUT2D eigenvalue weighted by atomic mass is 15.4. The second-order valence-corrected chi connectivity index (χ2v) is 7.17. The summed E-state index contributed by atoms with van der Waals surface area (Å²) in [5, 5.41) is 0. The van der Waals surface area contributed by atoms with Crippen LogP contribution in [0.1, 0.15) is 43.4 Å². The number of rotatable bonds is 6. The molecule has 0 aliphatic carbocycles. The van der Waals surface area contributed by atoms with Gasteiger partial charge in [-0.1, -0.05) is 43.7 Å². The Morgan fingerprint density at radius 1 is 1.20 bits per heavy atom. The van der Waals surface area contributed by atoms with Crippen molar-refractivity contribution >= 4 is 5.84 Å². The minimum atomic E-state index is -0.689. The van der Waals surface area contributed by atoms with Gasteiger partial charge in [0.25, 0.3) is 0 Å².